The third-order valence-electron chi connectivity index (χ3n) is 3.17. The van der Waals surface area contributed by atoms with E-state index in [1.807, 2.05) is 17.9 Å². The predicted molar refractivity (Wildman–Crippen MR) is 62.9 cm³/mol. The molecule has 3 heteroatoms. The van der Waals surface area contributed by atoms with Crippen molar-refractivity contribution in [1.82, 2.24) is 9.78 Å². The summed E-state index contributed by atoms with van der Waals surface area (Å²) in [5, 5.41) is 7.90. The molecule has 0 aliphatic heterocycles. The molecule has 1 aromatic rings. The van der Waals surface area contributed by atoms with E-state index in [0.29, 0.717) is 6.04 Å². The second kappa shape index (κ2) is 5.19. The minimum absolute atomic E-state index is 0.639. The fourth-order valence-electron chi connectivity index (χ4n) is 2.30. The maximum Gasteiger partial charge on any atom is 0.148 e. The molecule has 15 heavy (non-hydrogen) atoms. The van der Waals surface area contributed by atoms with Crippen LogP contribution in [0.1, 0.15) is 44.9 Å². The third-order valence-corrected chi connectivity index (χ3v) is 3.17. The van der Waals surface area contributed by atoms with Crippen LogP contribution in [0.25, 0.3) is 0 Å². The summed E-state index contributed by atoms with van der Waals surface area (Å²) in [4.78, 5) is 0. The zero-order chi connectivity index (χ0) is 10.5. The predicted octanol–water partition coefficient (Wildman–Crippen LogP) is 2.94. The average molecular weight is 207 g/mol. The number of aromatic nitrogens is 2. The maximum atomic E-state index is 4.36. The number of nitrogens with one attached hydrogen (secondary N) is 1. The summed E-state index contributed by atoms with van der Waals surface area (Å²) in [6, 6.07) is 2.69. The van der Waals surface area contributed by atoms with Crippen molar-refractivity contribution in [2.45, 2.75) is 51.0 Å². The molecule has 2 rings (SSSR count). The van der Waals surface area contributed by atoms with Gasteiger partial charge >= 0.3 is 0 Å². The highest BCUT2D eigenvalue weighted by Gasteiger charge is 2.11. The summed E-state index contributed by atoms with van der Waals surface area (Å²) in [6.45, 7) is 0. The molecule has 0 radical (unpaired) electrons. The monoisotopic (exact) mass is 207 g/mol. The van der Waals surface area contributed by atoms with E-state index in [0.717, 1.165) is 5.82 Å². The van der Waals surface area contributed by atoms with Crippen molar-refractivity contribution in [2.24, 2.45) is 7.05 Å². The van der Waals surface area contributed by atoms with Crippen LogP contribution in [-0.4, -0.2) is 15.8 Å². The van der Waals surface area contributed by atoms with Gasteiger partial charge in [0.15, 0.2) is 0 Å². The lowest BCUT2D eigenvalue weighted by atomic mass is 9.97. The van der Waals surface area contributed by atoms with E-state index in [-0.39, 0.29) is 0 Å². The number of anilines is 1. The fourth-order valence-corrected chi connectivity index (χ4v) is 2.30. The van der Waals surface area contributed by atoms with Crippen LogP contribution in [-0.2, 0) is 7.05 Å². The van der Waals surface area contributed by atoms with Gasteiger partial charge < -0.3 is 5.32 Å². The molecule has 1 aliphatic rings. The van der Waals surface area contributed by atoms with Gasteiger partial charge in [0, 0.05) is 25.4 Å². The molecule has 1 N–H and O–H groups in total. The van der Waals surface area contributed by atoms with Crippen molar-refractivity contribution >= 4 is 5.82 Å². The fraction of sp³-hybridized carbons (Fsp3) is 0.750. The molecule has 1 aliphatic carbocycles. The van der Waals surface area contributed by atoms with Crippen molar-refractivity contribution in [3.63, 3.8) is 0 Å². The van der Waals surface area contributed by atoms with Gasteiger partial charge in [-0.3, -0.25) is 4.68 Å². The van der Waals surface area contributed by atoms with E-state index in [9.17, 15) is 0 Å². The van der Waals surface area contributed by atoms with Gasteiger partial charge in [0.05, 0.1) is 0 Å². The Kier molecular flexibility index (Phi) is 3.64. The Bertz CT molecular complexity index is 285. The Hall–Kier alpha value is -0.990. The van der Waals surface area contributed by atoms with Crippen molar-refractivity contribution in [2.75, 3.05) is 5.32 Å². The topological polar surface area (TPSA) is 29.9 Å². The molecular weight excluding hydrogens is 186 g/mol. The van der Waals surface area contributed by atoms with Crippen molar-refractivity contribution in [3.8, 4) is 0 Å². The van der Waals surface area contributed by atoms with Gasteiger partial charge in [-0.2, -0.15) is 5.10 Å². The second-order valence-electron chi connectivity index (χ2n) is 4.56. The first-order valence-electron chi connectivity index (χ1n) is 6.11. The van der Waals surface area contributed by atoms with E-state index in [1.54, 1.807) is 0 Å². The molecule has 0 saturated heterocycles. The number of rotatable bonds is 2. The van der Waals surface area contributed by atoms with Crippen LogP contribution >= 0.6 is 0 Å². The molecule has 1 fully saturated rings. The largest absolute Gasteiger partial charge is 0.366 e. The Labute approximate surface area is 91.9 Å². The van der Waals surface area contributed by atoms with Gasteiger partial charge in [0.25, 0.3) is 0 Å². The van der Waals surface area contributed by atoms with Crippen LogP contribution < -0.4 is 5.32 Å². The highest BCUT2D eigenvalue weighted by molar-refractivity contribution is 5.33. The summed E-state index contributed by atoms with van der Waals surface area (Å²) in [5.41, 5.74) is 0. The molecule has 0 atom stereocenters. The number of aryl methyl sites for hydroxylation is 1. The molecule has 0 unspecified atom stereocenters. The Morgan fingerprint density at radius 2 is 1.87 bits per heavy atom. The minimum atomic E-state index is 0.639. The van der Waals surface area contributed by atoms with Gasteiger partial charge in [-0.25, -0.2) is 0 Å². The highest BCUT2D eigenvalue weighted by atomic mass is 15.3. The van der Waals surface area contributed by atoms with E-state index < -0.39 is 0 Å². The maximum absolute atomic E-state index is 4.36. The van der Waals surface area contributed by atoms with Crippen LogP contribution in [0, 0.1) is 0 Å². The molecule has 0 spiro atoms. The van der Waals surface area contributed by atoms with Gasteiger partial charge in [0.1, 0.15) is 5.82 Å². The first-order chi connectivity index (χ1) is 7.34. The lowest BCUT2D eigenvalue weighted by molar-refractivity contribution is 0.470. The third kappa shape index (κ3) is 3.26. The molecular formula is C12H21N3. The Balaban J connectivity index is 1.86. The zero-order valence-electron chi connectivity index (χ0n) is 9.58. The van der Waals surface area contributed by atoms with Gasteiger partial charge in [-0.15, -0.1) is 0 Å². The Morgan fingerprint density at radius 1 is 1.20 bits per heavy atom. The molecule has 1 heterocycles. The summed E-state index contributed by atoms with van der Waals surface area (Å²) < 4.78 is 1.85. The molecule has 0 bridgehead atoms. The molecule has 0 aromatic carbocycles. The van der Waals surface area contributed by atoms with E-state index in [4.69, 9.17) is 0 Å². The summed E-state index contributed by atoms with van der Waals surface area (Å²) in [6.07, 6.45) is 11.6. The quantitative estimate of drug-likeness (QED) is 0.808. The van der Waals surface area contributed by atoms with Crippen LogP contribution in [0.5, 0.6) is 0 Å². The summed E-state index contributed by atoms with van der Waals surface area (Å²) in [7, 11) is 1.96. The smallest absolute Gasteiger partial charge is 0.148 e. The van der Waals surface area contributed by atoms with Gasteiger partial charge in [-0.05, 0) is 12.8 Å². The highest BCUT2D eigenvalue weighted by Crippen LogP contribution is 2.19. The molecule has 0 amide bonds. The summed E-state index contributed by atoms with van der Waals surface area (Å²) in [5.74, 6) is 1.03. The van der Waals surface area contributed by atoms with Crippen LogP contribution in [0.2, 0.25) is 0 Å². The van der Waals surface area contributed by atoms with Gasteiger partial charge in [-0.1, -0.05) is 32.1 Å². The van der Waals surface area contributed by atoms with Crippen molar-refractivity contribution in [1.29, 1.82) is 0 Å². The number of hydrogen-bond donors (Lipinski definition) is 1. The first kappa shape index (κ1) is 10.5. The van der Waals surface area contributed by atoms with E-state index in [2.05, 4.69) is 16.5 Å². The molecule has 3 nitrogen and oxygen atoms in total. The van der Waals surface area contributed by atoms with Crippen molar-refractivity contribution < 1.29 is 0 Å². The van der Waals surface area contributed by atoms with E-state index >= 15 is 0 Å². The first-order valence-corrected chi connectivity index (χ1v) is 6.11. The lowest BCUT2D eigenvalue weighted by Gasteiger charge is -2.20. The van der Waals surface area contributed by atoms with Gasteiger partial charge in [0.2, 0.25) is 0 Å². The van der Waals surface area contributed by atoms with Crippen LogP contribution in [0.15, 0.2) is 12.3 Å². The van der Waals surface area contributed by atoms with Crippen molar-refractivity contribution in [3.05, 3.63) is 12.3 Å². The second-order valence-corrected chi connectivity index (χ2v) is 4.56. The molecule has 1 aromatic heterocycles. The van der Waals surface area contributed by atoms with Crippen LogP contribution in [0.3, 0.4) is 0 Å². The zero-order valence-corrected chi connectivity index (χ0v) is 9.58. The van der Waals surface area contributed by atoms with Crippen LogP contribution in [0.4, 0.5) is 5.82 Å². The normalized spacial score (nSPS) is 19.5. The average Bonchev–Trinajstić information content (AvgIpc) is 2.56. The number of nitrogens with zero attached hydrogens (tertiary/aromatic N) is 2. The number of hydrogen-bond acceptors (Lipinski definition) is 2. The SMILES string of the molecule is Cn1ccc(NC2CCCCCCC2)n1. The molecule has 1 saturated carbocycles. The van der Waals surface area contributed by atoms with E-state index in [1.165, 1.54) is 44.9 Å². The summed E-state index contributed by atoms with van der Waals surface area (Å²) >= 11 is 0. The standard InChI is InChI=1S/C12H21N3/c1-15-10-9-12(14-15)13-11-7-5-3-2-4-6-8-11/h9-11H,2-8H2,1H3,(H,13,14). The Morgan fingerprint density at radius 3 is 2.47 bits per heavy atom. The lowest BCUT2D eigenvalue weighted by Crippen LogP contribution is -2.20. The minimum Gasteiger partial charge on any atom is -0.366 e. The molecule has 84 valence electrons.